The van der Waals surface area contributed by atoms with E-state index in [9.17, 15) is 14.4 Å². The predicted octanol–water partition coefficient (Wildman–Crippen LogP) is 3.16. The second-order valence-electron chi connectivity index (χ2n) is 6.22. The predicted molar refractivity (Wildman–Crippen MR) is 102 cm³/mol. The zero-order valence-electron chi connectivity index (χ0n) is 15.5. The molecule has 6 heteroatoms. The molecule has 2 amide bonds. The Kier molecular flexibility index (Phi) is 7.11. The fraction of sp³-hybridized carbons (Fsp3) is 0.286. The van der Waals surface area contributed by atoms with Crippen molar-refractivity contribution in [1.82, 2.24) is 5.32 Å². The topological polar surface area (TPSA) is 98.5 Å². The van der Waals surface area contributed by atoms with Gasteiger partial charge in [0.25, 0.3) is 0 Å². The van der Waals surface area contributed by atoms with Gasteiger partial charge in [-0.15, -0.1) is 0 Å². The van der Waals surface area contributed by atoms with Crippen LogP contribution in [0.1, 0.15) is 47.8 Å². The number of nitrogens with one attached hydrogen (secondary N) is 1. The number of aryl methyl sites for hydroxylation is 1. The van der Waals surface area contributed by atoms with Crippen LogP contribution in [-0.4, -0.2) is 23.9 Å². The van der Waals surface area contributed by atoms with Crippen LogP contribution < -0.4 is 11.1 Å². The second kappa shape index (κ2) is 9.52. The number of carbonyl (C=O) groups is 3. The minimum absolute atomic E-state index is 0.126. The van der Waals surface area contributed by atoms with Crippen LogP contribution in [-0.2, 0) is 16.0 Å². The third-order valence-corrected chi connectivity index (χ3v) is 4.21. The number of benzene rings is 2. The van der Waals surface area contributed by atoms with Crippen molar-refractivity contribution >= 4 is 17.8 Å². The molecule has 2 rings (SSSR count). The highest BCUT2D eigenvalue weighted by Gasteiger charge is 2.23. The molecule has 0 radical (unpaired) electrons. The monoisotopic (exact) mass is 368 g/mol. The number of esters is 1. The number of ketones is 1. The van der Waals surface area contributed by atoms with E-state index < -0.39 is 24.1 Å². The van der Waals surface area contributed by atoms with Crippen LogP contribution in [0.15, 0.2) is 54.6 Å². The van der Waals surface area contributed by atoms with Crippen LogP contribution >= 0.6 is 0 Å². The Bertz CT molecular complexity index is 788. The molecule has 0 heterocycles. The molecule has 0 aliphatic heterocycles. The summed E-state index contributed by atoms with van der Waals surface area (Å²) in [5.41, 5.74) is 7.54. The summed E-state index contributed by atoms with van der Waals surface area (Å²) in [5, 5.41) is 2.53. The number of carbonyl (C=O) groups excluding carboxylic acids is 3. The zero-order chi connectivity index (χ0) is 19.8. The molecule has 2 aromatic carbocycles. The van der Waals surface area contributed by atoms with Crippen LogP contribution in [0.2, 0.25) is 0 Å². The lowest BCUT2D eigenvalue weighted by Crippen LogP contribution is -2.35. The largest absolute Gasteiger partial charge is 0.454 e. The Morgan fingerprint density at radius 3 is 2.22 bits per heavy atom. The normalized spacial score (nSPS) is 12.7. The second-order valence-corrected chi connectivity index (χ2v) is 6.22. The molecule has 0 aromatic heterocycles. The number of nitrogens with two attached hydrogens (primary N) is 1. The lowest BCUT2D eigenvalue weighted by molar-refractivity contribution is -0.146. The summed E-state index contributed by atoms with van der Waals surface area (Å²) in [6.45, 7) is 3.57. The summed E-state index contributed by atoms with van der Waals surface area (Å²) >= 11 is 0. The van der Waals surface area contributed by atoms with Gasteiger partial charge in [0.15, 0.2) is 6.10 Å². The van der Waals surface area contributed by atoms with E-state index in [1.54, 1.807) is 36.4 Å². The van der Waals surface area contributed by atoms with Gasteiger partial charge in [0.1, 0.15) is 0 Å². The van der Waals surface area contributed by atoms with Crippen molar-refractivity contribution in [1.29, 1.82) is 0 Å². The van der Waals surface area contributed by atoms with Gasteiger partial charge in [-0.25, -0.2) is 4.79 Å². The molecule has 0 aliphatic rings. The average molecular weight is 368 g/mol. The van der Waals surface area contributed by atoms with Crippen LogP contribution in [0.5, 0.6) is 0 Å². The molecule has 2 aromatic rings. The van der Waals surface area contributed by atoms with Crippen molar-refractivity contribution in [3.05, 3.63) is 71.3 Å². The van der Waals surface area contributed by atoms with Crippen LogP contribution in [0, 0.1) is 0 Å². The van der Waals surface area contributed by atoms with Gasteiger partial charge >= 0.3 is 12.0 Å². The standard InChI is InChI=1S/C21H24N2O4/c1-3-15-9-11-17(12-10-15)20(25)14(2)27-19(24)13-18(23-21(22)26)16-7-5-4-6-8-16/h4-12,14,18H,3,13H2,1-2H3,(H3,22,23,26)/t14-,18+/m0/s1. The number of hydrogen-bond acceptors (Lipinski definition) is 4. The molecule has 2 atom stereocenters. The van der Waals surface area contributed by atoms with Gasteiger partial charge in [-0.2, -0.15) is 0 Å². The number of ether oxygens (including phenoxy) is 1. The van der Waals surface area contributed by atoms with E-state index >= 15 is 0 Å². The highest BCUT2D eigenvalue weighted by Crippen LogP contribution is 2.18. The molecule has 0 bridgehead atoms. The first kappa shape index (κ1) is 20.2. The van der Waals surface area contributed by atoms with Crippen molar-refractivity contribution in [2.75, 3.05) is 0 Å². The number of hydrogen-bond donors (Lipinski definition) is 2. The summed E-state index contributed by atoms with van der Waals surface area (Å²) in [7, 11) is 0. The summed E-state index contributed by atoms with van der Waals surface area (Å²) in [6, 6.07) is 14.8. The quantitative estimate of drug-likeness (QED) is 0.552. The lowest BCUT2D eigenvalue weighted by Gasteiger charge is -2.19. The fourth-order valence-corrected chi connectivity index (χ4v) is 2.71. The van der Waals surface area contributed by atoms with E-state index in [1.807, 2.05) is 25.1 Å². The van der Waals surface area contributed by atoms with Gasteiger partial charge in [-0.05, 0) is 24.5 Å². The first-order valence-corrected chi connectivity index (χ1v) is 8.84. The molecule has 3 N–H and O–H groups in total. The molecule has 27 heavy (non-hydrogen) atoms. The minimum Gasteiger partial charge on any atom is -0.454 e. The van der Waals surface area contributed by atoms with Crippen LogP contribution in [0.25, 0.3) is 0 Å². The average Bonchev–Trinajstić information content (AvgIpc) is 2.67. The van der Waals surface area contributed by atoms with Crippen LogP contribution in [0.4, 0.5) is 4.79 Å². The van der Waals surface area contributed by atoms with Gasteiger partial charge in [0.05, 0.1) is 12.5 Å². The lowest BCUT2D eigenvalue weighted by atomic mass is 10.0. The summed E-state index contributed by atoms with van der Waals surface area (Å²) in [6.07, 6.45) is -0.165. The van der Waals surface area contributed by atoms with Crippen molar-refractivity contribution in [2.45, 2.75) is 38.8 Å². The minimum atomic E-state index is -0.921. The van der Waals surface area contributed by atoms with E-state index in [-0.39, 0.29) is 12.2 Å². The Morgan fingerprint density at radius 2 is 1.67 bits per heavy atom. The summed E-state index contributed by atoms with van der Waals surface area (Å²) in [4.78, 5) is 36.0. The molecule has 0 fully saturated rings. The first-order chi connectivity index (χ1) is 12.9. The van der Waals surface area contributed by atoms with E-state index in [4.69, 9.17) is 10.5 Å². The number of amides is 2. The number of urea groups is 1. The summed E-state index contributed by atoms with van der Waals surface area (Å²) in [5.74, 6) is -0.867. The maximum Gasteiger partial charge on any atom is 0.312 e. The molecular formula is C21H24N2O4. The zero-order valence-corrected chi connectivity index (χ0v) is 15.5. The molecular weight excluding hydrogens is 344 g/mol. The molecule has 0 spiro atoms. The Morgan fingerprint density at radius 1 is 1.04 bits per heavy atom. The van der Waals surface area contributed by atoms with Crippen molar-refractivity contribution in [3.63, 3.8) is 0 Å². The summed E-state index contributed by atoms with van der Waals surface area (Å²) < 4.78 is 5.28. The molecule has 0 aliphatic carbocycles. The highest BCUT2D eigenvalue weighted by molar-refractivity contribution is 6.00. The van der Waals surface area contributed by atoms with Crippen molar-refractivity contribution < 1.29 is 19.1 Å². The Balaban J connectivity index is 2.00. The van der Waals surface area contributed by atoms with E-state index in [1.165, 1.54) is 6.92 Å². The SMILES string of the molecule is CCc1ccc(C(=O)[C@H](C)OC(=O)C[C@@H](NC(N)=O)c2ccccc2)cc1. The molecule has 142 valence electrons. The first-order valence-electron chi connectivity index (χ1n) is 8.84. The smallest absolute Gasteiger partial charge is 0.312 e. The van der Waals surface area contributed by atoms with Crippen LogP contribution in [0.3, 0.4) is 0 Å². The van der Waals surface area contributed by atoms with Gasteiger partial charge < -0.3 is 15.8 Å². The van der Waals surface area contributed by atoms with Gasteiger partial charge in [0, 0.05) is 5.56 Å². The van der Waals surface area contributed by atoms with Gasteiger partial charge in [0.2, 0.25) is 5.78 Å². The van der Waals surface area contributed by atoms with Gasteiger partial charge in [-0.1, -0.05) is 61.5 Å². The van der Waals surface area contributed by atoms with Crippen molar-refractivity contribution in [2.24, 2.45) is 5.73 Å². The van der Waals surface area contributed by atoms with Crippen molar-refractivity contribution in [3.8, 4) is 0 Å². The Labute approximate surface area is 158 Å². The number of primary amides is 1. The third-order valence-electron chi connectivity index (χ3n) is 4.21. The maximum absolute atomic E-state index is 12.4. The molecule has 0 saturated carbocycles. The molecule has 6 nitrogen and oxygen atoms in total. The number of Topliss-reactive ketones (excluding diaryl/α,β-unsaturated/α-hetero) is 1. The van der Waals surface area contributed by atoms with Gasteiger partial charge in [-0.3, -0.25) is 9.59 Å². The molecule has 0 unspecified atom stereocenters. The highest BCUT2D eigenvalue weighted by atomic mass is 16.5. The number of rotatable bonds is 8. The Hall–Kier alpha value is -3.15. The molecule has 0 saturated heterocycles. The fourth-order valence-electron chi connectivity index (χ4n) is 2.71. The third kappa shape index (κ3) is 5.95. The maximum atomic E-state index is 12.4. The van der Waals surface area contributed by atoms with E-state index in [2.05, 4.69) is 5.32 Å². The van der Waals surface area contributed by atoms with E-state index in [0.717, 1.165) is 17.5 Å². The van der Waals surface area contributed by atoms with E-state index in [0.29, 0.717) is 5.56 Å².